The fourth-order valence-corrected chi connectivity index (χ4v) is 0.951. The first kappa shape index (κ1) is 8.52. The van der Waals surface area contributed by atoms with Gasteiger partial charge in [-0.2, -0.15) is 0 Å². The van der Waals surface area contributed by atoms with Crippen LogP contribution < -0.4 is 5.32 Å². The molecule has 1 heterocycles. The standard InChI is InChI=1S/C8H11N3O/c1-5-3-6(4-10-2)7(9)8(12)11-5/h3-4,9-10H,1-2H3,(H,11,12)/b6-4-,9-7?. The second-order valence-electron chi connectivity index (χ2n) is 2.48. The van der Waals surface area contributed by atoms with E-state index in [0.29, 0.717) is 11.3 Å². The summed E-state index contributed by atoms with van der Waals surface area (Å²) in [6, 6.07) is 0. The molecule has 1 aliphatic heterocycles. The van der Waals surface area contributed by atoms with Gasteiger partial charge in [-0.3, -0.25) is 5.41 Å². The van der Waals surface area contributed by atoms with Crippen LogP contribution in [0.1, 0.15) is 6.92 Å². The van der Waals surface area contributed by atoms with Gasteiger partial charge in [-0.25, -0.2) is 4.99 Å². The zero-order valence-electron chi connectivity index (χ0n) is 7.05. The van der Waals surface area contributed by atoms with Crippen LogP contribution in [-0.4, -0.2) is 23.8 Å². The topological polar surface area (TPSA) is 68.5 Å². The first-order valence-corrected chi connectivity index (χ1v) is 3.58. The van der Waals surface area contributed by atoms with Gasteiger partial charge in [0.15, 0.2) is 0 Å². The van der Waals surface area contributed by atoms with Gasteiger partial charge in [0.05, 0.1) is 0 Å². The van der Waals surface area contributed by atoms with Gasteiger partial charge in [-0.1, -0.05) is 0 Å². The zero-order valence-corrected chi connectivity index (χ0v) is 7.05. The van der Waals surface area contributed by atoms with E-state index >= 15 is 0 Å². The number of nitrogens with zero attached hydrogens (tertiary/aromatic N) is 1. The molecule has 0 radical (unpaired) electrons. The smallest absolute Gasteiger partial charge is 0.237 e. The first-order chi connectivity index (χ1) is 5.65. The minimum Gasteiger partial charge on any atom is -0.492 e. The molecule has 4 nitrogen and oxygen atoms in total. The Morgan fingerprint density at radius 2 is 2.33 bits per heavy atom. The number of allylic oxidation sites excluding steroid dienone is 2. The third kappa shape index (κ3) is 1.53. The Morgan fingerprint density at radius 3 is 2.92 bits per heavy atom. The van der Waals surface area contributed by atoms with Crippen molar-refractivity contribution >= 4 is 11.6 Å². The second kappa shape index (κ2) is 3.21. The van der Waals surface area contributed by atoms with Gasteiger partial charge in [0.25, 0.3) is 0 Å². The minimum absolute atomic E-state index is 0.0509. The molecule has 0 unspecified atom stereocenters. The van der Waals surface area contributed by atoms with Gasteiger partial charge in [0.1, 0.15) is 5.71 Å². The van der Waals surface area contributed by atoms with Crippen LogP contribution in [-0.2, 0) is 0 Å². The van der Waals surface area contributed by atoms with Crippen LogP contribution in [0, 0.1) is 5.41 Å². The number of nitrogens with one attached hydrogen (secondary N) is 2. The fraction of sp³-hybridized carbons (Fsp3) is 0.250. The highest BCUT2D eigenvalue weighted by atomic mass is 16.3. The molecule has 0 aromatic heterocycles. The maximum Gasteiger partial charge on any atom is 0.237 e. The summed E-state index contributed by atoms with van der Waals surface area (Å²) in [5.41, 5.74) is 1.39. The van der Waals surface area contributed by atoms with Crippen molar-refractivity contribution in [3.63, 3.8) is 0 Å². The third-order valence-electron chi connectivity index (χ3n) is 1.46. The van der Waals surface area contributed by atoms with E-state index in [1.165, 1.54) is 0 Å². The average molecular weight is 165 g/mol. The summed E-state index contributed by atoms with van der Waals surface area (Å²) in [5.74, 6) is -0.225. The van der Waals surface area contributed by atoms with Crippen LogP contribution in [0.4, 0.5) is 0 Å². The van der Waals surface area contributed by atoms with Crippen LogP contribution in [0.2, 0.25) is 0 Å². The fourth-order valence-electron chi connectivity index (χ4n) is 0.951. The lowest BCUT2D eigenvalue weighted by Crippen LogP contribution is -2.18. The van der Waals surface area contributed by atoms with Crippen molar-refractivity contribution in [1.82, 2.24) is 5.32 Å². The molecule has 0 aromatic rings. The van der Waals surface area contributed by atoms with E-state index in [-0.39, 0.29) is 11.6 Å². The molecule has 0 spiro atoms. The van der Waals surface area contributed by atoms with E-state index in [9.17, 15) is 0 Å². The van der Waals surface area contributed by atoms with Crippen LogP contribution in [0.5, 0.6) is 0 Å². The van der Waals surface area contributed by atoms with Crippen LogP contribution in [0.25, 0.3) is 0 Å². The van der Waals surface area contributed by atoms with E-state index in [1.807, 2.05) is 0 Å². The maximum absolute atomic E-state index is 9.16. The van der Waals surface area contributed by atoms with Gasteiger partial charge in [-0.05, 0) is 13.0 Å². The molecule has 4 heteroatoms. The van der Waals surface area contributed by atoms with Crippen LogP contribution in [0.3, 0.4) is 0 Å². The summed E-state index contributed by atoms with van der Waals surface area (Å²) in [6.07, 6.45) is 3.38. The van der Waals surface area contributed by atoms with Crippen molar-refractivity contribution < 1.29 is 5.11 Å². The predicted octanol–water partition coefficient (Wildman–Crippen LogP) is 0.983. The van der Waals surface area contributed by atoms with Crippen molar-refractivity contribution in [2.45, 2.75) is 6.92 Å². The van der Waals surface area contributed by atoms with Crippen molar-refractivity contribution in [3.8, 4) is 0 Å². The minimum atomic E-state index is -0.225. The molecule has 0 amide bonds. The Kier molecular flexibility index (Phi) is 2.28. The molecule has 0 saturated carbocycles. The number of hydrogen-bond donors (Lipinski definition) is 3. The van der Waals surface area contributed by atoms with Gasteiger partial charge in [0, 0.05) is 24.5 Å². The van der Waals surface area contributed by atoms with E-state index in [0.717, 1.165) is 0 Å². The van der Waals surface area contributed by atoms with E-state index in [4.69, 9.17) is 10.5 Å². The van der Waals surface area contributed by atoms with Crippen molar-refractivity contribution in [3.05, 3.63) is 23.5 Å². The van der Waals surface area contributed by atoms with Crippen molar-refractivity contribution in [1.29, 1.82) is 5.41 Å². The third-order valence-corrected chi connectivity index (χ3v) is 1.46. The van der Waals surface area contributed by atoms with Gasteiger partial charge < -0.3 is 10.4 Å². The summed E-state index contributed by atoms with van der Waals surface area (Å²) in [6.45, 7) is 1.77. The van der Waals surface area contributed by atoms with Crippen LogP contribution >= 0.6 is 0 Å². The Morgan fingerprint density at radius 1 is 1.67 bits per heavy atom. The molecule has 0 saturated heterocycles. The lowest BCUT2D eigenvalue weighted by atomic mass is 10.1. The predicted molar refractivity (Wildman–Crippen MR) is 48.7 cm³/mol. The zero-order chi connectivity index (χ0) is 9.14. The van der Waals surface area contributed by atoms with E-state index in [2.05, 4.69) is 10.3 Å². The molecule has 1 rings (SSSR count). The lowest BCUT2D eigenvalue weighted by molar-refractivity contribution is 0.561. The van der Waals surface area contributed by atoms with E-state index < -0.39 is 0 Å². The SMILES string of the molecule is CN/C=C1/C=C(C)N=C(O)C1=N. The quantitative estimate of drug-likeness (QED) is 0.542. The lowest BCUT2D eigenvalue weighted by Gasteiger charge is -2.09. The Labute approximate surface area is 70.8 Å². The largest absolute Gasteiger partial charge is 0.492 e. The Bertz CT molecular complexity index is 299. The molecule has 12 heavy (non-hydrogen) atoms. The number of aliphatic imine (C=N–C) groups is 1. The van der Waals surface area contributed by atoms with Crippen molar-refractivity contribution in [2.24, 2.45) is 4.99 Å². The Balaban J connectivity index is 3.02. The Hall–Kier alpha value is -1.58. The second-order valence-corrected chi connectivity index (χ2v) is 2.48. The first-order valence-electron chi connectivity index (χ1n) is 3.58. The summed E-state index contributed by atoms with van der Waals surface area (Å²) >= 11 is 0. The molecule has 0 bridgehead atoms. The molecule has 3 N–H and O–H groups in total. The number of aliphatic hydroxyl groups is 1. The molecular formula is C8H11N3O. The molecule has 64 valence electrons. The number of rotatable bonds is 1. The normalized spacial score (nSPS) is 20.5. The molecular weight excluding hydrogens is 154 g/mol. The van der Waals surface area contributed by atoms with Gasteiger partial charge in [-0.15, -0.1) is 0 Å². The van der Waals surface area contributed by atoms with E-state index in [1.54, 1.807) is 26.2 Å². The summed E-state index contributed by atoms with van der Waals surface area (Å²) in [7, 11) is 1.74. The number of aliphatic hydroxyl groups excluding tert-OH is 1. The molecule has 1 aliphatic rings. The maximum atomic E-state index is 9.16. The molecule has 0 aliphatic carbocycles. The van der Waals surface area contributed by atoms with Gasteiger partial charge in [0.2, 0.25) is 5.90 Å². The summed E-state index contributed by atoms with van der Waals surface area (Å²) in [5, 5.41) is 19.4. The van der Waals surface area contributed by atoms with Crippen molar-refractivity contribution in [2.75, 3.05) is 7.05 Å². The highest BCUT2D eigenvalue weighted by molar-refractivity contribution is 6.44. The van der Waals surface area contributed by atoms with Gasteiger partial charge >= 0.3 is 0 Å². The molecule has 0 atom stereocenters. The molecule has 0 aromatic carbocycles. The van der Waals surface area contributed by atoms with Crippen LogP contribution in [0.15, 0.2) is 28.5 Å². The average Bonchev–Trinajstić information content (AvgIpc) is 2.00. The highest BCUT2D eigenvalue weighted by Crippen LogP contribution is 2.11. The summed E-state index contributed by atoms with van der Waals surface area (Å²) in [4.78, 5) is 3.74. The summed E-state index contributed by atoms with van der Waals surface area (Å²) < 4.78 is 0. The monoisotopic (exact) mass is 165 g/mol. The highest BCUT2D eigenvalue weighted by Gasteiger charge is 2.13. The number of hydrogen-bond acceptors (Lipinski definition) is 3. The molecule has 0 fully saturated rings.